The molecule has 0 radical (unpaired) electrons. The third kappa shape index (κ3) is 2.90. The molecule has 1 N–H and O–H groups in total. The second-order valence-electron chi connectivity index (χ2n) is 5.51. The normalized spacial score (nSPS) is 20.8. The summed E-state index contributed by atoms with van der Waals surface area (Å²) in [6, 6.07) is 7.11. The summed E-state index contributed by atoms with van der Waals surface area (Å²) in [6.07, 6.45) is 3.82. The van der Waals surface area contributed by atoms with Gasteiger partial charge in [-0.25, -0.2) is 0 Å². The predicted octanol–water partition coefficient (Wildman–Crippen LogP) is 3.84. The molecule has 0 spiro atoms. The number of rotatable bonds is 3. The molecular weight excluding hydrogens is 206 g/mol. The van der Waals surface area contributed by atoms with Crippen molar-refractivity contribution in [3.05, 3.63) is 34.9 Å². The summed E-state index contributed by atoms with van der Waals surface area (Å²) in [5.41, 5.74) is 4.64. The van der Waals surface area contributed by atoms with Crippen LogP contribution in [0.5, 0.6) is 0 Å². The largest absolute Gasteiger partial charge is 0.316 e. The van der Waals surface area contributed by atoms with Crippen molar-refractivity contribution in [1.82, 2.24) is 5.32 Å². The minimum absolute atomic E-state index is 0.635. The van der Waals surface area contributed by atoms with E-state index in [9.17, 15) is 0 Å². The maximum atomic E-state index is 3.53. The van der Waals surface area contributed by atoms with Gasteiger partial charge < -0.3 is 5.32 Å². The fourth-order valence-corrected chi connectivity index (χ4v) is 2.79. The smallest absolute Gasteiger partial charge is 0.00202 e. The quantitative estimate of drug-likeness (QED) is 0.833. The van der Waals surface area contributed by atoms with Crippen molar-refractivity contribution in [2.75, 3.05) is 13.1 Å². The van der Waals surface area contributed by atoms with Gasteiger partial charge in [0.25, 0.3) is 0 Å². The van der Waals surface area contributed by atoms with Crippen molar-refractivity contribution in [3.63, 3.8) is 0 Å². The predicted molar refractivity (Wildman–Crippen MR) is 74.8 cm³/mol. The van der Waals surface area contributed by atoms with Crippen LogP contribution in [0.2, 0.25) is 0 Å². The first kappa shape index (κ1) is 12.6. The van der Waals surface area contributed by atoms with Crippen molar-refractivity contribution in [1.29, 1.82) is 0 Å². The lowest BCUT2D eigenvalue weighted by molar-refractivity contribution is 0.459. The Morgan fingerprint density at radius 3 is 2.76 bits per heavy atom. The minimum atomic E-state index is 0.635. The van der Waals surface area contributed by atoms with Crippen LogP contribution in [-0.2, 0) is 6.42 Å². The van der Waals surface area contributed by atoms with Gasteiger partial charge in [0.2, 0.25) is 0 Å². The molecule has 1 aromatic rings. The fraction of sp³-hybridized carbons (Fsp3) is 0.625. The van der Waals surface area contributed by atoms with Gasteiger partial charge in [-0.1, -0.05) is 39.0 Å². The van der Waals surface area contributed by atoms with Gasteiger partial charge in [-0.2, -0.15) is 0 Å². The molecule has 1 unspecified atom stereocenters. The molecule has 94 valence electrons. The molecule has 1 fully saturated rings. The van der Waals surface area contributed by atoms with Gasteiger partial charge >= 0.3 is 0 Å². The summed E-state index contributed by atoms with van der Waals surface area (Å²) in [7, 11) is 0. The van der Waals surface area contributed by atoms with E-state index in [1.54, 1.807) is 11.1 Å². The first-order valence-electron chi connectivity index (χ1n) is 7.05. The van der Waals surface area contributed by atoms with E-state index in [0.717, 1.165) is 18.9 Å². The highest BCUT2D eigenvalue weighted by Gasteiger charge is 2.18. The fourth-order valence-electron chi connectivity index (χ4n) is 2.79. The molecule has 1 heteroatoms. The average Bonchev–Trinajstić information content (AvgIpc) is 2.39. The molecule has 1 heterocycles. The SMILES string of the molecule is CCc1ccc(C(C)C)cc1C1CCCNC1. The molecule has 1 nitrogen and oxygen atoms in total. The first-order chi connectivity index (χ1) is 8.22. The van der Waals surface area contributed by atoms with E-state index >= 15 is 0 Å². The van der Waals surface area contributed by atoms with Crippen molar-refractivity contribution in [2.45, 2.75) is 51.9 Å². The lowest BCUT2D eigenvalue weighted by atomic mass is 9.85. The van der Waals surface area contributed by atoms with Crippen molar-refractivity contribution >= 4 is 0 Å². The number of benzene rings is 1. The van der Waals surface area contributed by atoms with Crippen LogP contribution in [0.4, 0.5) is 0 Å². The van der Waals surface area contributed by atoms with Gasteiger partial charge in [0.05, 0.1) is 0 Å². The van der Waals surface area contributed by atoms with E-state index < -0.39 is 0 Å². The molecule has 17 heavy (non-hydrogen) atoms. The Labute approximate surface area is 106 Å². The van der Waals surface area contributed by atoms with Crippen LogP contribution in [0.15, 0.2) is 18.2 Å². The number of hydrogen-bond acceptors (Lipinski definition) is 1. The molecule has 0 aliphatic carbocycles. The maximum Gasteiger partial charge on any atom is 0.00202 e. The highest BCUT2D eigenvalue weighted by molar-refractivity contribution is 5.36. The Kier molecular flexibility index (Phi) is 4.22. The number of aryl methyl sites for hydroxylation is 1. The van der Waals surface area contributed by atoms with E-state index in [1.165, 1.54) is 24.9 Å². The third-order valence-corrected chi connectivity index (χ3v) is 3.95. The lowest BCUT2D eigenvalue weighted by Gasteiger charge is -2.26. The lowest BCUT2D eigenvalue weighted by Crippen LogP contribution is -2.29. The molecule has 1 saturated heterocycles. The average molecular weight is 231 g/mol. The zero-order valence-corrected chi connectivity index (χ0v) is 11.4. The summed E-state index contributed by atoms with van der Waals surface area (Å²) in [5, 5.41) is 3.53. The van der Waals surface area contributed by atoms with Crippen LogP contribution in [0.3, 0.4) is 0 Å². The Morgan fingerprint density at radius 1 is 1.35 bits per heavy atom. The molecule has 0 bridgehead atoms. The Balaban J connectivity index is 2.30. The van der Waals surface area contributed by atoms with Crippen LogP contribution in [0.25, 0.3) is 0 Å². The Hall–Kier alpha value is -0.820. The van der Waals surface area contributed by atoms with Gasteiger partial charge in [-0.15, -0.1) is 0 Å². The van der Waals surface area contributed by atoms with Crippen LogP contribution in [0, 0.1) is 0 Å². The van der Waals surface area contributed by atoms with E-state index in [-0.39, 0.29) is 0 Å². The van der Waals surface area contributed by atoms with Crippen molar-refractivity contribution in [3.8, 4) is 0 Å². The summed E-state index contributed by atoms with van der Waals surface area (Å²) in [4.78, 5) is 0. The molecule has 0 saturated carbocycles. The Bertz CT molecular complexity index is 362. The topological polar surface area (TPSA) is 12.0 Å². The molecule has 2 rings (SSSR count). The van der Waals surface area contributed by atoms with Gasteiger partial charge in [0.15, 0.2) is 0 Å². The van der Waals surface area contributed by atoms with Gasteiger partial charge in [0, 0.05) is 6.54 Å². The van der Waals surface area contributed by atoms with Gasteiger partial charge in [-0.3, -0.25) is 0 Å². The third-order valence-electron chi connectivity index (χ3n) is 3.95. The second kappa shape index (κ2) is 5.68. The summed E-state index contributed by atoms with van der Waals surface area (Å²) in [5.74, 6) is 1.37. The molecule has 1 aromatic carbocycles. The molecule has 0 aromatic heterocycles. The highest BCUT2D eigenvalue weighted by Crippen LogP contribution is 2.29. The standard InChI is InChI=1S/C16H25N/c1-4-13-7-8-14(12(2)3)10-16(13)15-6-5-9-17-11-15/h7-8,10,12,15,17H,4-6,9,11H2,1-3H3. The highest BCUT2D eigenvalue weighted by atomic mass is 14.9. The van der Waals surface area contributed by atoms with Crippen molar-refractivity contribution < 1.29 is 0 Å². The van der Waals surface area contributed by atoms with Gasteiger partial charge in [0.1, 0.15) is 0 Å². The molecule has 1 aliphatic rings. The number of hydrogen-bond donors (Lipinski definition) is 1. The molecular formula is C16H25N. The van der Waals surface area contributed by atoms with Crippen LogP contribution >= 0.6 is 0 Å². The maximum absolute atomic E-state index is 3.53. The summed E-state index contributed by atoms with van der Waals surface area (Å²) in [6.45, 7) is 9.19. The number of piperidine rings is 1. The monoisotopic (exact) mass is 231 g/mol. The first-order valence-corrected chi connectivity index (χ1v) is 7.05. The molecule has 0 amide bonds. The van der Waals surface area contributed by atoms with E-state index in [2.05, 4.69) is 44.3 Å². The minimum Gasteiger partial charge on any atom is -0.316 e. The van der Waals surface area contributed by atoms with Crippen LogP contribution < -0.4 is 5.32 Å². The van der Waals surface area contributed by atoms with E-state index in [1.807, 2.05) is 0 Å². The number of nitrogens with one attached hydrogen (secondary N) is 1. The summed E-state index contributed by atoms with van der Waals surface area (Å²) >= 11 is 0. The van der Waals surface area contributed by atoms with E-state index in [4.69, 9.17) is 0 Å². The molecule has 1 aliphatic heterocycles. The Morgan fingerprint density at radius 2 is 2.18 bits per heavy atom. The zero-order chi connectivity index (χ0) is 12.3. The van der Waals surface area contributed by atoms with Crippen LogP contribution in [-0.4, -0.2) is 13.1 Å². The van der Waals surface area contributed by atoms with Gasteiger partial charge in [-0.05, 0) is 54.3 Å². The van der Waals surface area contributed by atoms with Crippen molar-refractivity contribution in [2.24, 2.45) is 0 Å². The second-order valence-corrected chi connectivity index (χ2v) is 5.51. The molecule has 1 atom stereocenters. The zero-order valence-electron chi connectivity index (χ0n) is 11.4. The van der Waals surface area contributed by atoms with E-state index in [0.29, 0.717) is 5.92 Å². The van der Waals surface area contributed by atoms with Crippen LogP contribution in [0.1, 0.15) is 62.1 Å². The summed E-state index contributed by atoms with van der Waals surface area (Å²) < 4.78 is 0.